The van der Waals surface area contributed by atoms with Gasteiger partial charge in [0.2, 0.25) is 0 Å². The van der Waals surface area contributed by atoms with Gasteiger partial charge in [0, 0.05) is 16.4 Å². The molecule has 0 saturated heterocycles. The van der Waals surface area contributed by atoms with E-state index in [1.807, 2.05) is 42.5 Å². The number of halogens is 1. The number of fused-ring (bicyclic) bond motifs is 2. The molecule has 1 amide bonds. The average Bonchev–Trinajstić information content (AvgIpc) is 3.28. The summed E-state index contributed by atoms with van der Waals surface area (Å²) in [6, 6.07) is 11.6. The van der Waals surface area contributed by atoms with Crippen LogP contribution < -0.4 is 5.32 Å². The van der Waals surface area contributed by atoms with Gasteiger partial charge in [0.05, 0.1) is 23.0 Å². The topological polar surface area (TPSA) is 55.1 Å². The largest absolute Gasteiger partial charge is 0.465 e. The molecule has 3 aromatic rings. The molecule has 1 aliphatic carbocycles. The second kappa shape index (κ2) is 6.92. The summed E-state index contributed by atoms with van der Waals surface area (Å²) in [6.07, 6.45) is 5.29. The van der Waals surface area contributed by atoms with Crippen molar-refractivity contribution in [3.05, 3.63) is 76.3 Å². The molecule has 0 unspecified atom stereocenters. The Morgan fingerprint density at radius 1 is 1.27 bits per heavy atom. The van der Waals surface area contributed by atoms with Gasteiger partial charge in [-0.3, -0.25) is 4.79 Å². The maximum atomic E-state index is 12.9. The summed E-state index contributed by atoms with van der Waals surface area (Å²) in [5.74, 6) is 0.698. The summed E-state index contributed by atoms with van der Waals surface area (Å²) >= 11 is 3.29. The molecule has 0 aliphatic heterocycles. The van der Waals surface area contributed by atoms with Gasteiger partial charge in [-0.1, -0.05) is 40.7 Å². The quantitative estimate of drug-likeness (QED) is 0.663. The second-order valence-corrected chi connectivity index (χ2v) is 7.34. The number of allylic oxidation sites excluding steroid dienone is 1. The zero-order valence-corrected chi connectivity index (χ0v) is 15.7. The van der Waals surface area contributed by atoms with Crippen molar-refractivity contribution in [3.8, 4) is 0 Å². The Labute approximate surface area is 159 Å². The van der Waals surface area contributed by atoms with E-state index in [0.717, 1.165) is 50.8 Å². The number of pyridine rings is 1. The molecule has 26 heavy (non-hydrogen) atoms. The van der Waals surface area contributed by atoms with Crippen LogP contribution in [0, 0.1) is 0 Å². The normalized spacial score (nSPS) is 14.6. The van der Waals surface area contributed by atoms with E-state index in [2.05, 4.69) is 27.8 Å². The van der Waals surface area contributed by atoms with Gasteiger partial charge in [-0.15, -0.1) is 0 Å². The van der Waals surface area contributed by atoms with Crippen molar-refractivity contribution in [3.63, 3.8) is 0 Å². The molecule has 5 heteroatoms. The van der Waals surface area contributed by atoms with Gasteiger partial charge in [0.25, 0.3) is 5.91 Å². The Kier molecular flexibility index (Phi) is 4.47. The smallest absolute Gasteiger partial charge is 0.252 e. The summed E-state index contributed by atoms with van der Waals surface area (Å²) in [7, 11) is 0. The molecule has 0 fully saturated rings. The van der Waals surface area contributed by atoms with Gasteiger partial charge in [0.1, 0.15) is 5.76 Å². The summed E-state index contributed by atoms with van der Waals surface area (Å²) in [5, 5.41) is 3.81. The van der Waals surface area contributed by atoms with Crippen LogP contribution in [0.1, 0.15) is 33.8 Å². The van der Waals surface area contributed by atoms with E-state index in [-0.39, 0.29) is 5.91 Å². The van der Waals surface area contributed by atoms with Crippen LogP contribution in [0.3, 0.4) is 0 Å². The number of carbonyl (C=O) groups is 1. The van der Waals surface area contributed by atoms with E-state index in [1.165, 1.54) is 0 Å². The fourth-order valence-corrected chi connectivity index (χ4v) is 3.49. The summed E-state index contributed by atoms with van der Waals surface area (Å²) < 4.78 is 6.18. The first-order valence-electron chi connectivity index (χ1n) is 8.41. The molecule has 0 bridgehead atoms. The number of amides is 1. The van der Waals surface area contributed by atoms with Crippen LogP contribution in [0.5, 0.6) is 0 Å². The van der Waals surface area contributed by atoms with E-state index in [1.54, 1.807) is 6.26 Å². The maximum Gasteiger partial charge on any atom is 0.252 e. The molecule has 0 saturated carbocycles. The third-order valence-electron chi connectivity index (χ3n) is 4.47. The number of aromatic nitrogens is 1. The summed E-state index contributed by atoms with van der Waals surface area (Å²) in [4.78, 5) is 17.7. The lowest BCUT2D eigenvalue weighted by molar-refractivity contribution is 0.0958. The fraction of sp³-hybridized carbons (Fsp3) is 0.143. The Morgan fingerprint density at radius 3 is 2.88 bits per heavy atom. The van der Waals surface area contributed by atoms with Crippen LogP contribution in [0.15, 0.2) is 58.1 Å². The Morgan fingerprint density at radius 2 is 2.12 bits per heavy atom. The van der Waals surface area contributed by atoms with Crippen molar-refractivity contribution in [1.82, 2.24) is 10.3 Å². The van der Waals surface area contributed by atoms with Crippen LogP contribution in [0.2, 0.25) is 0 Å². The first-order chi connectivity index (χ1) is 12.6. The maximum absolute atomic E-state index is 12.9. The number of nitrogens with one attached hydrogen (secondary N) is 1. The molecule has 1 aromatic carbocycles. The third-order valence-corrected chi connectivity index (χ3v) is 4.75. The first kappa shape index (κ1) is 16.8. The minimum absolute atomic E-state index is 0.0975. The molecule has 0 radical (unpaired) electrons. The zero-order chi connectivity index (χ0) is 18.1. The lowest BCUT2D eigenvalue weighted by Gasteiger charge is -2.12. The molecule has 0 atom stereocenters. The van der Waals surface area contributed by atoms with Crippen LogP contribution >= 0.6 is 15.9 Å². The SMILES string of the molecule is C=C(Br)CNC(=O)c1c2c(nc3ccccc13)/C(=C\c1ccco1)CC2. The van der Waals surface area contributed by atoms with Crippen molar-refractivity contribution in [2.24, 2.45) is 0 Å². The minimum atomic E-state index is -0.0975. The lowest BCUT2D eigenvalue weighted by Crippen LogP contribution is -2.26. The van der Waals surface area contributed by atoms with Gasteiger partial charge < -0.3 is 9.73 Å². The molecule has 4 rings (SSSR count). The number of para-hydroxylation sites is 1. The number of benzene rings is 1. The van der Waals surface area contributed by atoms with Crippen molar-refractivity contribution >= 4 is 44.4 Å². The molecule has 4 nitrogen and oxygen atoms in total. The number of rotatable bonds is 4. The van der Waals surface area contributed by atoms with Gasteiger partial charge >= 0.3 is 0 Å². The van der Waals surface area contributed by atoms with Crippen molar-refractivity contribution in [2.45, 2.75) is 12.8 Å². The van der Waals surface area contributed by atoms with Crippen molar-refractivity contribution < 1.29 is 9.21 Å². The first-order valence-corrected chi connectivity index (χ1v) is 9.20. The Bertz CT molecular complexity index is 1040. The Hall–Kier alpha value is -2.66. The van der Waals surface area contributed by atoms with Gasteiger partial charge in [-0.05, 0) is 48.3 Å². The average molecular weight is 409 g/mol. The standard InChI is InChI=1S/C21H17BrN2O2/c1-13(22)12-23-21(25)19-16-6-2-3-7-18(16)24-20-14(8-9-17(19)20)11-15-5-4-10-26-15/h2-7,10-11H,1,8-9,12H2,(H,23,25)/b14-11-. The third kappa shape index (κ3) is 3.10. The van der Waals surface area contributed by atoms with E-state index in [9.17, 15) is 4.79 Å². The number of carbonyl (C=O) groups excluding carboxylic acids is 1. The van der Waals surface area contributed by atoms with Crippen LogP contribution in [-0.2, 0) is 6.42 Å². The lowest BCUT2D eigenvalue weighted by atomic mass is 10.00. The van der Waals surface area contributed by atoms with E-state index < -0.39 is 0 Å². The molecule has 2 aromatic heterocycles. The molecule has 1 aliphatic rings. The predicted molar refractivity (Wildman–Crippen MR) is 107 cm³/mol. The van der Waals surface area contributed by atoms with E-state index >= 15 is 0 Å². The summed E-state index contributed by atoms with van der Waals surface area (Å²) in [6.45, 7) is 4.17. The van der Waals surface area contributed by atoms with Gasteiger partial charge in [0.15, 0.2) is 0 Å². The highest BCUT2D eigenvalue weighted by molar-refractivity contribution is 9.11. The molecule has 130 valence electrons. The number of furan rings is 1. The molecular weight excluding hydrogens is 392 g/mol. The number of hydrogen-bond acceptors (Lipinski definition) is 3. The van der Waals surface area contributed by atoms with Crippen molar-refractivity contribution in [2.75, 3.05) is 6.54 Å². The fourth-order valence-electron chi connectivity index (χ4n) is 3.35. The number of hydrogen-bond donors (Lipinski definition) is 1. The highest BCUT2D eigenvalue weighted by Gasteiger charge is 2.26. The highest BCUT2D eigenvalue weighted by Crippen LogP contribution is 2.37. The molecule has 2 heterocycles. The van der Waals surface area contributed by atoms with Crippen LogP contribution in [0.25, 0.3) is 22.6 Å². The highest BCUT2D eigenvalue weighted by atomic mass is 79.9. The van der Waals surface area contributed by atoms with Gasteiger partial charge in [-0.2, -0.15) is 0 Å². The van der Waals surface area contributed by atoms with E-state index in [0.29, 0.717) is 12.1 Å². The number of nitrogens with zero attached hydrogens (tertiary/aromatic N) is 1. The zero-order valence-electron chi connectivity index (χ0n) is 14.1. The van der Waals surface area contributed by atoms with Crippen molar-refractivity contribution in [1.29, 1.82) is 0 Å². The Balaban J connectivity index is 1.86. The van der Waals surface area contributed by atoms with E-state index in [4.69, 9.17) is 9.40 Å². The van der Waals surface area contributed by atoms with Crippen LogP contribution in [-0.4, -0.2) is 17.4 Å². The summed E-state index contributed by atoms with van der Waals surface area (Å²) in [5.41, 5.74) is 4.52. The predicted octanol–water partition coefficient (Wildman–Crippen LogP) is 4.95. The molecule has 1 N–H and O–H groups in total. The molecular formula is C21H17BrN2O2. The molecule has 0 spiro atoms. The van der Waals surface area contributed by atoms with Crippen LogP contribution in [0.4, 0.5) is 0 Å². The van der Waals surface area contributed by atoms with Gasteiger partial charge in [-0.25, -0.2) is 4.98 Å². The second-order valence-electron chi connectivity index (χ2n) is 6.22. The monoisotopic (exact) mass is 408 g/mol. The minimum Gasteiger partial charge on any atom is -0.465 e.